The number of aromatic nitrogens is 2. The van der Waals surface area contributed by atoms with Crippen molar-refractivity contribution in [3.8, 4) is 11.1 Å². The smallest absolute Gasteiger partial charge is 0.275 e. The first-order valence-electron chi connectivity index (χ1n) is 11.1. The van der Waals surface area contributed by atoms with Gasteiger partial charge in [-0.1, -0.05) is 30.3 Å². The Kier molecular flexibility index (Phi) is 5.54. The molecule has 0 bridgehead atoms. The predicted molar refractivity (Wildman–Crippen MR) is 122 cm³/mol. The monoisotopic (exact) mass is 445 g/mol. The molecule has 1 saturated heterocycles. The molecular formula is C26H24FN3O3. The maximum absolute atomic E-state index is 13.6. The van der Waals surface area contributed by atoms with Crippen molar-refractivity contribution in [2.45, 2.75) is 31.7 Å². The fourth-order valence-electron chi connectivity index (χ4n) is 4.55. The van der Waals surface area contributed by atoms with Gasteiger partial charge in [-0.2, -0.15) is 5.10 Å². The summed E-state index contributed by atoms with van der Waals surface area (Å²) in [6.07, 6.45) is 4.21. The Morgan fingerprint density at radius 2 is 1.91 bits per heavy atom. The normalized spacial score (nSPS) is 16.3. The largest absolute Gasteiger partial charge is 0.461 e. The van der Waals surface area contributed by atoms with E-state index in [-0.39, 0.29) is 29.6 Å². The Bertz CT molecular complexity index is 1290. The molecule has 0 radical (unpaired) electrons. The van der Waals surface area contributed by atoms with Crippen LogP contribution in [0.1, 0.15) is 35.5 Å². The predicted octanol–water partition coefficient (Wildman–Crippen LogP) is 4.78. The number of benzene rings is 2. The first kappa shape index (κ1) is 21.1. The highest BCUT2D eigenvalue weighted by Gasteiger charge is 2.35. The summed E-state index contributed by atoms with van der Waals surface area (Å²) >= 11 is 0. The average Bonchev–Trinajstić information content (AvgIpc) is 3.41. The quantitative estimate of drug-likeness (QED) is 0.443. The van der Waals surface area contributed by atoms with Crippen molar-refractivity contribution in [2.75, 3.05) is 6.54 Å². The van der Waals surface area contributed by atoms with Crippen LogP contribution < -0.4 is 0 Å². The van der Waals surface area contributed by atoms with Crippen LogP contribution in [0.2, 0.25) is 0 Å². The molecule has 1 aliphatic heterocycles. The Morgan fingerprint density at radius 1 is 1.12 bits per heavy atom. The number of para-hydroxylation sites is 1. The van der Waals surface area contributed by atoms with E-state index in [1.54, 1.807) is 35.0 Å². The Hall–Kier alpha value is -3.74. The summed E-state index contributed by atoms with van der Waals surface area (Å²) < 4.78 is 20.8. The number of hydrogen-bond donors (Lipinski definition) is 0. The molecule has 6 nitrogen and oxygen atoms in total. The third-order valence-corrected chi connectivity index (χ3v) is 6.15. The maximum Gasteiger partial charge on any atom is 0.275 e. The lowest BCUT2D eigenvalue weighted by molar-refractivity contribution is -0.124. The lowest BCUT2D eigenvalue weighted by Gasteiger charge is -2.34. The van der Waals surface area contributed by atoms with Crippen LogP contribution in [-0.2, 0) is 18.3 Å². The fourth-order valence-corrected chi connectivity index (χ4v) is 4.55. The number of fused-ring (bicyclic) bond motifs is 1. The molecule has 1 unspecified atom stereocenters. The zero-order chi connectivity index (χ0) is 22.9. The summed E-state index contributed by atoms with van der Waals surface area (Å²) in [5, 5.41) is 5.35. The molecule has 0 aliphatic carbocycles. The van der Waals surface area contributed by atoms with E-state index in [9.17, 15) is 14.0 Å². The summed E-state index contributed by atoms with van der Waals surface area (Å²) in [4.78, 5) is 28.5. The number of nitrogens with zero attached hydrogens (tertiary/aromatic N) is 3. The summed E-state index contributed by atoms with van der Waals surface area (Å²) in [6.45, 7) is 0.495. The highest BCUT2D eigenvalue weighted by Crippen LogP contribution is 2.28. The highest BCUT2D eigenvalue weighted by atomic mass is 19.1. The van der Waals surface area contributed by atoms with Crippen LogP contribution in [-0.4, -0.2) is 39.0 Å². The molecule has 33 heavy (non-hydrogen) atoms. The van der Waals surface area contributed by atoms with Crippen LogP contribution in [0.5, 0.6) is 0 Å². The van der Waals surface area contributed by atoms with E-state index >= 15 is 0 Å². The van der Waals surface area contributed by atoms with E-state index in [1.165, 1.54) is 12.1 Å². The van der Waals surface area contributed by atoms with Gasteiger partial charge in [0.25, 0.3) is 5.91 Å². The van der Waals surface area contributed by atoms with Crippen molar-refractivity contribution in [1.29, 1.82) is 0 Å². The number of halogens is 1. The number of likely N-dealkylation sites (tertiary alicyclic amines) is 1. The summed E-state index contributed by atoms with van der Waals surface area (Å²) in [5.41, 5.74) is 2.34. The molecule has 2 aromatic heterocycles. The summed E-state index contributed by atoms with van der Waals surface area (Å²) in [5.74, 6) is -0.0641. The van der Waals surface area contributed by atoms with Gasteiger partial charge >= 0.3 is 0 Å². The second-order valence-corrected chi connectivity index (χ2v) is 8.48. The molecule has 5 rings (SSSR count). The van der Waals surface area contributed by atoms with E-state index in [1.807, 2.05) is 30.3 Å². The second-order valence-electron chi connectivity index (χ2n) is 8.48. The molecule has 0 spiro atoms. The molecule has 0 saturated carbocycles. The molecule has 0 N–H and O–H groups in total. The lowest BCUT2D eigenvalue weighted by atomic mass is 9.95. The zero-order valence-electron chi connectivity index (χ0n) is 18.3. The average molecular weight is 445 g/mol. The van der Waals surface area contributed by atoms with Gasteiger partial charge in [-0.05, 0) is 49.1 Å². The molecule has 3 heterocycles. The second kappa shape index (κ2) is 8.65. The van der Waals surface area contributed by atoms with Crippen molar-refractivity contribution in [3.05, 3.63) is 78.1 Å². The van der Waals surface area contributed by atoms with E-state index in [4.69, 9.17) is 4.42 Å². The molecule has 1 amide bonds. The minimum atomic E-state index is -0.525. The van der Waals surface area contributed by atoms with Crippen LogP contribution in [0.3, 0.4) is 0 Å². The molecule has 1 aliphatic rings. The zero-order valence-corrected chi connectivity index (χ0v) is 18.3. The van der Waals surface area contributed by atoms with Gasteiger partial charge in [-0.15, -0.1) is 0 Å². The number of furan rings is 1. The van der Waals surface area contributed by atoms with Crippen molar-refractivity contribution in [3.63, 3.8) is 0 Å². The van der Waals surface area contributed by atoms with Crippen molar-refractivity contribution in [1.82, 2.24) is 14.7 Å². The van der Waals surface area contributed by atoms with E-state index in [0.29, 0.717) is 29.9 Å². The van der Waals surface area contributed by atoms with Gasteiger partial charge < -0.3 is 9.32 Å². The van der Waals surface area contributed by atoms with Gasteiger partial charge in [0.2, 0.25) is 0 Å². The van der Waals surface area contributed by atoms with Gasteiger partial charge in [-0.3, -0.25) is 14.3 Å². The first-order valence-corrected chi connectivity index (χ1v) is 11.1. The maximum atomic E-state index is 13.6. The lowest BCUT2D eigenvalue weighted by Crippen LogP contribution is -2.48. The molecule has 1 atom stereocenters. The first-order chi connectivity index (χ1) is 16.0. The van der Waals surface area contributed by atoms with E-state index < -0.39 is 6.04 Å². The fraction of sp³-hybridized carbons (Fsp3) is 0.269. The van der Waals surface area contributed by atoms with Gasteiger partial charge in [0, 0.05) is 30.7 Å². The van der Waals surface area contributed by atoms with Crippen LogP contribution in [0.15, 0.2) is 65.2 Å². The van der Waals surface area contributed by atoms with Gasteiger partial charge in [0.05, 0.1) is 12.5 Å². The number of carbonyl (C=O) groups is 2. The molecule has 7 heteroatoms. The molecule has 1 fully saturated rings. The number of amides is 1. The number of carbonyl (C=O) groups excluding carboxylic acids is 2. The summed E-state index contributed by atoms with van der Waals surface area (Å²) in [7, 11) is 1.74. The van der Waals surface area contributed by atoms with E-state index in [0.717, 1.165) is 23.8 Å². The topological polar surface area (TPSA) is 68.3 Å². The van der Waals surface area contributed by atoms with Gasteiger partial charge in [0.1, 0.15) is 17.2 Å². The Labute approximate surface area is 190 Å². The van der Waals surface area contributed by atoms with Crippen LogP contribution >= 0.6 is 0 Å². The van der Waals surface area contributed by atoms with Crippen molar-refractivity contribution in [2.24, 2.45) is 7.05 Å². The Morgan fingerprint density at radius 3 is 2.70 bits per heavy atom. The summed E-state index contributed by atoms with van der Waals surface area (Å²) in [6, 6.07) is 15.0. The molecule has 4 aromatic rings. The van der Waals surface area contributed by atoms with Crippen LogP contribution in [0.25, 0.3) is 22.1 Å². The van der Waals surface area contributed by atoms with Crippen LogP contribution in [0, 0.1) is 5.82 Å². The molecule has 168 valence electrons. The number of hydrogen-bond acceptors (Lipinski definition) is 4. The third-order valence-electron chi connectivity index (χ3n) is 6.15. The van der Waals surface area contributed by atoms with Crippen molar-refractivity contribution >= 4 is 22.7 Å². The highest BCUT2D eigenvalue weighted by molar-refractivity contribution is 6.01. The number of Topliss-reactive ketones (excluding diaryl/α,β-unsaturated/α-hetero) is 1. The molecular weight excluding hydrogens is 421 g/mol. The minimum absolute atomic E-state index is 0.0404. The van der Waals surface area contributed by atoms with Crippen molar-refractivity contribution < 1.29 is 18.4 Å². The number of piperidine rings is 1. The van der Waals surface area contributed by atoms with E-state index in [2.05, 4.69) is 5.10 Å². The number of aryl methyl sites for hydroxylation is 1. The SMILES string of the molecule is Cn1cc(-c2ccc(F)cc2)c(C(=O)N2CCCCC2C(=O)Cc2cc3ccccc3o2)n1. The molecule has 2 aromatic carbocycles. The van der Waals surface area contributed by atoms with Gasteiger partial charge in [0.15, 0.2) is 11.5 Å². The Balaban J connectivity index is 1.41. The van der Waals surface area contributed by atoms with Crippen LogP contribution in [0.4, 0.5) is 4.39 Å². The number of rotatable bonds is 5. The third kappa shape index (κ3) is 4.18. The standard InChI is InChI=1S/C26H24FN3O3/c1-29-16-21(17-9-11-19(27)12-10-17)25(28-29)26(32)30-13-5-4-7-22(30)23(31)15-20-14-18-6-2-3-8-24(18)33-20/h2-3,6,8-12,14,16,22H,4-5,7,13,15H2,1H3. The van der Waals surface area contributed by atoms with Gasteiger partial charge in [-0.25, -0.2) is 4.39 Å². The minimum Gasteiger partial charge on any atom is -0.461 e. The number of ketones is 1.